The van der Waals surface area contributed by atoms with Gasteiger partial charge in [-0.15, -0.1) is 0 Å². The minimum absolute atomic E-state index is 0.484. The molecule has 2 aliphatic rings. The lowest BCUT2D eigenvalue weighted by Crippen LogP contribution is -2.41. The minimum Gasteiger partial charge on any atom is -0.314 e. The highest BCUT2D eigenvalue weighted by Crippen LogP contribution is 2.32. The van der Waals surface area contributed by atoms with Gasteiger partial charge in [0, 0.05) is 18.6 Å². The molecule has 1 saturated heterocycles. The van der Waals surface area contributed by atoms with E-state index in [4.69, 9.17) is 0 Å². The summed E-state index contributed by atoms with van der Waals surface area (Å²) < 4.78 is 37.7. The molecule has 1 saturated carbocycles. The Morgan fingerprint density at radius 2 is 1.82 bits per heavy atom. The van der Waals surface area contributed by atoms with Crippen LogP contribution in [0.4, 0.5) is 13.2 Å². The van der Waals surface area contributed by atoms with Crippen LogP contribution >= 0.6 is 0 Å². The Kier molecular flexibility index (Phi) is 4.73. The van der Waals surface area contributed by atoms with E-state index < -0.39 is 11.7 Å². The van der Waals surface area contributed by atoms with Crippen LogP contribution in [0.1, 0.15) is 43.2 Å². The van der Waals surface area contributed by atoms with E-state index in [0.717, 1.165) is 12.1 Å². The smallest absolute Gasteiger partial charge is 0.314 e. The normalized spacial score (nSPS) is 29.1. The largest absolute Gasteiger partial charge is 0.416 e. The van der Waals surface area contributed by atoms with Crippen molar-refractivity contribution in [3.63, 3.8) is 0 Å². The Morgan fingerprint density at radius 1 is 1.05 bits per heavy atom. The van der Waals surface area contributed by atoms with Gasteiger partial charge >= 0.3 is 6.18 Å². The quantitative estimate of drug-likeness (QED) is 0.885. The third-order valence-corrected chi connectivity index (χ3v) is 5.03. The van der Waals surface area contributed by atoms with Crippen LogP contribution in [-0.4, -0.2) is 18.6 Å². The lowest BCUT2D eigenvalue weighted by Gasteiger charge is -2.26. The first-order valence-corrected chi connectivity index (χ1v) is 8.17. The monoisotopic (exact) mass is 312 g/mol. The van der Waals surface area contributed by atoms with Crippen molar-refractivity contribution >= 4 is 0 Å². The Balaban J connectivity index is 1.55. The molecule has 1 heterocycles. The number of halogens is 3. The van der Waals surface area contributed by atoms with E-state index in [0.29, 0.717) is 24.5 Å². The SMILES string of the molecule is FC(F)(F)c1ccc(CNC2CCCC2C2CCCN2)cc1. The molecule has 2 nitrogen and oxygen atoms in total. The zero-order valence-corrected chi connectivity index (χ0v) is 12.6. The topological polar surface area (TPSA) is 24.1 Å². The lowest BCUT2D eigenvalue weighted by molar-refractivity contribution is -0.137. The summed E-state index contributed by atoms with van der Waals surface area (Å²) in [5.74, 6) is 0.664. The number of hydrogen-bond acceptors (Lipinski definition) is 2. The molecule has 122 valence electrons. The summed E-state index contributed by atoms with van der Waals surface area (Å²) >= 11 is 0. The summed E-state index contributed by atoms with van der Waals surface area (Å²) in [7, 11) is 0. The first-order valence-electron chi connectivity index (χ1n) is 8.17. The van der Waals surface area contributed by atoms with Crippen molar-refractivity contribution in [2.45, 2.75) is 56.9 Å². The van der Waals surface area contributed by atoms with E-state index in [9.17, 15) is 13.2 Å². The lowest BCUT2D eigenvalue weighted by atomic mass is 9.93. The molecule has 5 heteroatoms. The third kappa shape index (κ3) is 3.63. The maximum Gasteiger partial charge on any atom is 0.416 e. The summed E-state index contributed by atoms with van der Waals surface area (Å²) in [5.41, 5.74) is 0.336. The number of nitrogens with one attached hydrogen (secondary N) is 2. The van der Waals surface area contributed by atoms with E-state index in [2.05, 4.69) is 10.6 Å². The number of alkyl halides is 3. The minimum atomic E-state index is -4.25. The summed E-state index contributed by atoms with van der Waals surface area (Å²) in [6.45, 7) is 1.76. The summed E-state index contributed by atoms with van der Waals surface area (Å²) in [5, 5.41) is 7.15. The van der Waals surface area contributed by atoms with E-state index in [1.165, 1.54) is 44.2 Å². The Bertz CT molecular complexity index is 478. The van der Waals surface area contributed by atoms with Gasteiger partial charge in [-0.05, 0) is 55.8 Å². The third-order valence-electron chi connectivity index (χ3n) is 5.03. The molecule has 0 aromatic heterocycles. The van der Waals surface area contributed by atoms with Crippen molar-refractivity contribution < 1.29 is 13.2 Å². The van der Waals surface area contributed by atoms with Gasteiger partial charge < -0.3 is 10.6 Å². The molecule has 3 unspecified atom stereocenters. The highest BCUT2D eigenvalue weighted by molar-refractivity contribution is 5.24. The van der Waals surface area contributed by atoms with Gasteiger partial charge in [-0.3, -0.25) is 0 Å². The summed E-state index contributed by atoms with van der Waals surface area (Å²) in [6.07, 6.45) is 1.92. The molecular weight excluding hydrogens is 289 g/mol. The fourth-order valence-electron chi connectivity index (χ4n) is 3.86. The molecule has 0 bridgehead atoms. The van der Waals surface area contributed by atoms with Gasteiger partial charge in [0.15, 0.2) is 0 Å². The number of hydrogen-bond donors (Lipinski definition) is 2. The molecule has 1 aliphatic heterocycles. The maximum absolute atomic E-state index is 12.6. The van der Waals surface area contributed by atoms with Crippen LogP contribution in [0.2, 0.25) is 0 Å². The molecule has 0 radical (unpaired) electrons. The van der Waals surface area contributed by atoms with Crippen LogP contribution < -0.4 is 10.6 Å². The second-order valence-corrected chi connectivity index (χ2v) is 6.48. The van der Waals surface area contributed by atoms with E-state index in [1.54, 1.807) is 12.1 Å². The average molecular weight is 312 g/mol. The molecule has 2 N–H and O–H groups in total. The second kappa shape index (κ2) is 6.59. The number of benzene rings is 1. The molecule has 22 heavy (non-hydrogen) atoms. The van der Waals surface area contributed by atoms with Crippen molar-refractivity contribution in [1.29, 1.82) is 0 Å². The van der Waals surface area contributed by atoms with Crippen molar-refractivity contribution in [2.24, 2.45) is 5.92 Å². The average Bonchev–Trinajstić information content (AvgIpc) is 3.15. The maximum atomic E-state index is 12.6. The second-order valence-electron chi connectivity index (χ2n) is 6.48. The van der Waals surface area contributed by atoms with Gasteiger partial charge in [0.2, 0.25) is 0 Å². The van der Waals surface area contributed by atoms with Crippen molar-refractivity contribution in [3.05, 3.63) is 35.4 Å². The first-order chi connectivity index (χ1) is 10.5. The highest BCUT2D eigenvalue weighted by atomic mass is 19.4. The standard InChI is InChI=1S/C17H23F3N2/c18-17(19,20)13-8-6-12(7-9-13)11-22-16-4-1-3-14(16)15-5-2-10-21-15/h6-9,14-16,21-22H,1-5,10-11H2. The van der Waals surface area contributed by atoms with Gasteiger partial charge in [0.1, 0.15) is 0 Å². The van der Waals surface area contributed by atoms with Gasteiger partial charge in [-0.1, -0.05) is 18.6 Å². The molecule has 3 atom stereocenters. The molecule has 1 aliphatic carbocycles. The summed E-state index contributed by atoms with van der Waals surface area (Å²) in [4.78, 5) is 0. The van der Waals surface area contributed by atoms with Crippen LogP contribution in [0, 0.1) is 5.92 Å². The van der Waals surface area contributed by atoms with Crippen LogP contribution in [0.25, 0.3) is 0 Å². The number of rotatable bonds is 4. The van der Waals surface area contributed by atoms with E-state index in [1.807, 2.05) is 0 Å². The molecule has 1 aromatic rings. The van der Waals surface area contributed by atoms with Crippen LogP contribution in [0.3, 0.4) is 0 Å². The van der Waals surface area contributed by atoms with E-state index in [-0.39, 0.29) is 0 Å². The van der Waals surface area contributed by atoms with Crippen LogP contribution in [-0.2, 0) is 12.7 Å². The van der Waals surface area contributed by atoms with Crippen molar-refractivity contribution in [3.8, 4) is 0 Å². The fourth-order valence-corrected chi connectivity index (χ4v) is 3.86. The Hall–Kier alpha value is -1.07. The molecule has 0 amide bonds. The van der Waals surface area contributed by atoms with Crippen LogP contribution in [0.15, 0.2) is 24.3 Å². The molecule has 0 spiro atoms. The zero-order valence-electron chi connectivity index (χ0n) is 12.6. The molecular formula is C17H23F3N2. The molecule has 2 fully saturated rings. The van der Waals surface area contributed by atoms with Crippen LogP contribution in [0.5, 0.6) is 0 Å². The fraction of sp³-hybridized carbons (Fsp3) is 0.647. The van der Waals surface area contributed by atoms with Gasteiger partial charge in [-0.2, -0.15) is 13.2 Å². The van der Waals surface area contributed by atoms with Gasteiger partial charge in [0.05, 0.1) is 5.56 Å². The molecule has 3 rings (SSSR count). The van der Waals surface area contributed by atoms with Gasteiger partial charge in [-0.25, -0.2) is 0 Å². The predicted octanol–water partition coefficient (Wildman–Crippen LogP) is 3.72. The first kappa shape index (κ1) is 15.8. The summed E-state index contributed by atoms with van der Waals surface area (Å²) in [6, 6.07) is 6.59. The Morgan fingerprint density at radius 3 is 2.45 bits per heavy atom. The predicted molar refractivity (Wildman–Crippen MR) is 80.4 cm³/mol. The van der Waals surface area contributed by atoms with E-state index >= 15 is 0 Å². The van der Waals surface area contributed by atoms with Crippen molar-refractivity contribution in [1.82, 2.24) is 10.6 Å². The van der Waals surface area contributed by atoms with Crippen molar-refractivity contribution in [2.75, 3.05) is 6.54 Å². The molecule has 1 aromatic carbocycles. The highest BCUT2D eigenvalue weighted by Gasteiger charge is 2.34. The zero-order chi connectivity index (χ0) is 15.6. The van der Waals surface area contributed by atoms with Gasteiger partial charge in [0.25, 0.3) is 0 Å². The Labute approximate surface area is 129 Å².